The summed E-state index contributed by atoms with van der Waals surface area (Å²) in [5.74, 6) is 5.76. The lowest BCUT2D eigenvalue weighted by atomic mass is 9.91. The fraction of sp³-hybridized carbons (Fsp3) is 0.429. The first-order chi connectivity index (χ1) is 8.60. The van der Waals surface area contributed by atoms with E-state index in [0.29, 0.717) is 6.61 Å². The van der Waals surface area contributed by atoms with E-state index in [2.05, 4.69) is 48.9 Å². The van der Waals surface area contributed by atoms with Gasteiger partial charge in [0.25, 0.3) is 0 Å². The minimum atomic E-state index is -0.345. The molecule has 1 aromatic heterocycles. The standard InChI is InChI=1S/C14H20N2OS/c1-4-17-14(2,3)13(16-15)11-7-5-6-10-8-9-18-12(10)11/h5-9,13,16H,4,15H2,1-3H3. The highest BCUT2D eigenvalue weighted by Crippen LogP contribution is 2.35. The number of hydrogen-bond donors (Lipinski definition) is 2. The number of ether oxygens (including phenoxy) is 1. The Morgan fingerprint density at radius 1 is 1.39 bits per heavy atom. The number of hydrogen-bond acceptors (Lipinski definition) is 4. The summed E-state index contributed by atoms with van der Waals surface area (Å²) in [6.45, 7) is 6.80. The van der Waals surface area contributed by atoms with E-state index in [9.17, 15) is 0 Å². The van der Waals surface area contributed by atoms with Gasteiger partial charge in [0.1, 0.15) is 0 Å². The molecule has 2 rings (SSSR count). The van der Waals surface area contributed by atoms with Crippen LogP contribution >= 0.6 is 11.3 Å². The van der Waals surface area contributed by atoms with Crippen LogP contribution in [0, 0.1) is 0 Å². The average Bonchev–Trinajstić information content (AvgIpc) is 2.78. The van der Waals surface area contributed by atoms with Crippen LogP contribution < -0.4 is 11.3 Å². The van der Waals surface area contributed by atoms with Gasteiger partial charge in [-0.25, -0.2) is 0 Å². The molecule has 0 spiro atoms. The SMILES string of the molecule is CCOC(C)(C)C(NN)c1cccc2ccsc12. The fourth-order valence-electron chi connectivity index (χ4n) is 2.36. The van der Waals surface area contributed by atoms with Gasteiger partial charge < -0.3 is 4.74 Å². The zero-order valence-corrected chi connectivity index (χ0v) is 11.9. The van der Waals surface area contributed by atoms with Crippen molar-refractivity contribution in [1.29, 1.82) is 0 Å². The molecule has 0 fully saturated rings. The zero-order valence-electron chi connectivity index (χ0n) is 11.1. The van der Waals surface area contributed by atoms with E-state index in [4.69, 9.17) is 10.6 Å². The second-order valence-electron chi connectivity index (χ2n) is 4.82. The highest BCUT2D eigenvalue weighted by Gasteiger charge is 2.31. The van der Waals surface area contributed by atoms with Crippen molar-refractivity contribution >= 4 is 21.4 Å². The molecule has 18 heavy (non-hydrogen) atoms. The summed E-state index contributed by atoms with van der Waals surface area (Å²) in [6, 6.07) is 8.40. The van der Waals surface area contributed by atoms with E-state index in [-0.39, 0.29) is 11.6 Å². The van der Waals surface area contributed by atoms with Crippen LogP contribution in [0.4, 0.5) is 0 Å². The highest BCUT2D eigenvalue weighted by molar-refractivity contribution is 7.17. The Bertz CT molecular complexity index is 521. The molecule has 0 amide bonds. The Labute approximate surface area is 112 Å². The van der Waals surface area contributed by atoms with E-state index in [1.807, 2.05) is 6.92 Å². The number of rotatable bonds is 5. The molecule has 1 unspecified atom stereocenters. The predicted molar refractivity (Wildman–Crippen MR) is 77.6 cm³/mol. The lowest BCUT2D eigenvalue weighted by Gasteiger charge is -2.34. The van der Waals surface area contributed by atoms with E-state index < -0.39 is 0 Å². The van der Waals surface area contributed by atoms with Crippen LogP contribution in [0.5, 0.6) is 0 Å². The van der Waals surface area contributed by atoms with Crippen molar-refractivity contribution in [3.8, 4) is 0 Å². The Kier molecular flexibility index (Phi) is 4.02. The number of nitrogens with one attached hydrogen (secondary N) is 1. The van der Waals surface area contributed by atoms with E-state index in [1.165, 1.54) is 15.6 Å². The molecule has 4 heteroatoms. The summed E-state index contributed by atoms with van der Waals surface area (Å²) in [5, 5.41) is 3.36. The van der Waals surface area contributed by atoms with Gasteiger partial charge in [-0.3, -0.25) is 11.3 Å². The zero-order chi connectivity index (χ0) is 13.2. The molecule has 2 aromatic rings. The quantitative estimate of drug-likeness (QED) is 0.644. The molecule has 0 aliphatic heterocycles. The Morgan fingerprint density at radius 3 is 2.83 bits per heavy atom. The second kappa shape index (κ2) is 5.36. The lowest BCUT2D eigenvalue weighted by molar-refractivity contribution is -0.0388. The Hall–Kier alpha value is -0.940. The molecule has 3 nitrogen and oxygen atoms in total. The Morgan fingerprint density at radius 2 is 2.17 bits per heavy atom. The van der Waals surface area contributed by atoms with Gasteiger partial charge >= 0.3 is 0 Å². The summed E-state index contributed by atoms with van der Waals surface area (Å²) in [7, 11) is 0. The van der Waals surface area contributed by atoms with Gasteiger partial charge in [-0.2, -0.15) is 0 Å². The maximum Gasteiger partial charge on any atom is 0.0833 e. The molecule has 1 aromatic carbocycles. The molecule has 0 saturated heterocycles. The lowest BCUT2D eigenvalue weighted by Crippen LogP contribution is -2.44. The van der Waals surface area contributed by atoms with Gasteiger partial charge in [0.15, 0.2) is 0 Å². The van der Waals surface area contributed by atoms with Crippen molar-refractivity contribution in [2.45, 2.75) is 32.4 Å². The molecule has 0 radical (unpaired) electrons. The molecule has 98 valence electrons. The van der Waals surface area contributed by atoms with Crippen LogP contribution in [0.3, 0.4) is 0 Å². The van der Waals surface area contributed by atoms with Gasteiger partial charge in [0.2, 0.25) is 0 Å². The number of fused-ring (bicyclic) bond motifs is 1. The third-order valence-electron chi connectivity index (χ3n) is 3.20. The smallest absolute Gasteiger partial charge is 0.0833 e. The van der Waals surface area contributed by atoms with Crippen LogP contribution in [0.25, 0.3) is 10.1 Å². The highest BCUT2D eigenvalue weighted by atomic mass is 32.1. The number of thiophene rings is 1. The maximum absolute atomic E-state index is 5.82. The van der Waals surface area contributed by atoms with Gasteiger partial charge in [0, 0.05) is 11.3 Å². The van der Waals surface area contributed by atoms with Crippen molar-refractivity contribution in [2.24, 2.45) is 5.84 Å². The topological polar surface area (TPSA) is 47.3 Å². The van der Waals surface area contributed by atoms with Crippen LogP contribution in [-0.4, -0.2) is 12.2 Å². The Balaban J connectivity index is 2.47. The molecule has 3 N–H and O–H groups in total. The van der Waals surface area contributed by atoms with E-state index in [1.54, 1.807) is 11.3 Å². The molecular weight excluding hydrogens is 244 g/mol. The van der Waals surface area contributed by atoms with Crippen LogP contribution in [0.15, 0.2) is 29.6 Å². The summed E-state index contributed by atoms with van der Waals surface area (Å²) in [4.78, 5) is 0. The molecule has 0 bridgehead atoms. The molecule has 0 aliphatic carbocycles. The third-order valence-corrected chi connectivity index (χ3v) is 4.18. The summed E-state index contributed by atoms with van der Waals surface area (Å²) in [5.41, 5.74) is 3.76. The van der Waals surface area contributed by atoms with Crippen molar-refractivity contribution in [3.63, 3.8) is 0 Å². The monoisotopic (exact) mass is 264 g/mol. The molecule has 1 heterocycles. The average molecular weight is 264 g/mol. The first-order valence-corrected chi connectivity index (χ1v) is 7.04. The van der Waals surface area contributed by atoms with E-state index >= 15 is 0 Å². The normalized spacial score (nSPS) is 14.0. The van der Waals surface area contributed by atoms with Crippen LogP contribution in [0.1, 0.15) is 32.4 Å². The molecule has 0 aliphatic rings. The molecule has 0 saturated carbocycles. The fourth-order valence-corrected chi connectivity index (χ4v) is 3.31. The van der Waals surface area contributed by atoms with Gasteiger partial charge in [-0.15, -0.1) is 11.3 Å². The number of nitrogens with two attached hydrogens (primary N) is 1. The number of hydrazine groups is 1. The summed E-state index contributed by atoms with van der Waals surface area (Å²) in [6.07, 6.45) is 0. The summed E-state index contributed by atoms with van der Waals surface area (Å²) >= 11 is 1.74. The van der Waals surface area contributed by atoms with Crippen LogP contribution in [-0.2, 0) is 4.74 Å². The van der Waals surface area contributed by atoms with Gasteiger partial charge in [-0.05, 0) is 43.2 Å². The van der Waals surface area contributed by atoms with Crippen molar-refractivity contribution < 1.29 is 4.74 Å². The minimum absolute atomic E-state index is 0.0280. The van der Waals surface area contributed by atoms with Crippen molar-refractivity contribution in [1.82, 2.24) is 5.43 Å². The summed E-state index contributed by atoms with van der Waals surface area (Å²) < 4.78 is 7.10. The number of benzene rings is 1. The second-order valence-corrected chi connectivity index (χ2v) is 5.74. The van der Waals surface area contributed by atoms with Crippen LogP contribution in [0.2, 0.25) is 0 Å². The molecule has 1 atom stereocenters. The van der Waals surface area contributed by atoms with E-state index in [0.717, 1.165) is 0 Å². The first-order valence-electron chi connectivity index (χ1n) is 6.16. The minimum Gasteiger partial charge on any atom is -0.374 e. The predicted octanol–water partition coefficient (Wildman–Crippen LogP) is 3.22. The van der Waals surface area contributed by atoms with Crippen molar-refractivity contribution in [2.75, 3.05) is 6.61 Å². The largest absolute Gasteiger partial charge is 0.374 e. The maximum atomic E-state index is 5.82. The molecular formula is C14H20N2OS. The van der Waals surface area contributed by atoms with Crippen molar-refractivity contribution in [3.05, 3.63) is 35.2 Å². The first kappa shape index (κ1) is 13.5. The van der Waals surface area contributed by atoms with Gasteiger partial charge in [-0.1, -0.05) is 18.2 Å². The van der Waals surface area contributed by atoms with Gasteiger partial charge in [0.05, 0.1) is 11.6 Å². The third kappa shape index (κ3) is 2.42.